The van der Waals surface area contributed by atoms with Crippen molar-refractivity contribution in [2.45, 2.75) is 45.6 Å². The third kappa shape index (κ3) is 3.42. The number of nitrogens with zero attached hydrogens (tertiary/aromatic N) is 2. The zero-order valence-electron chi connectivity index (χ0n) is 10.7. The summed E-state index contributed by atoms with van der Waals surface area (Å²) >= 11 is 5.63. The summed E-state index contributed by atoms with van der Waals surface area (Å²) in [5.74, 6) is -0.163. The Hall–Kier alpha value is -1.16. The van der Waals surface area contributed by atoms with Crippen molar-refractivity contribution >= 4 is 17.5 Å². The summed E-state index contributed by atoms with van der Waals surface area (Å²) in [6, 6.07) is 3.42. The number of carbonyl (C=O) groups is 1. The van der Waals surface area contributed by atoms with Gasteiger partial charge >= 0.3 is 0 Å². The first-order valence-electron chi connectivity index (χ1n) is 6.26. The Kier molecular flexibility index (Phi) is 3.85. The summed E-state index contributed by atoms with van der Waals surface area (Å²) in [5.41, 5.74) is 0.727. The summed E-state index contributed by atoms with van der Waals surface area (Å²) in [5, 5.41) is 10.8. The Balaban J connectivity index is 1.90. The van der Waals surface area contributed by atoms with Gasteiger partial charge < -0.3 is 5.32 Å². The lowest BCUT2D eigenvalue weighted by atomic mass is 9.75. The zero-order valence-corrected chi connectivity index (χ0v) is 11.5. The van der Waals surface area contributed by atoms with E-state index in [2.05, 4.69) is 29.4 Å². The lowest BCUT2D eigenvalue weighted by Crippen LogP contribution is -2.39. The molecule has 1 aliphatic rings. The van der Waals surface area contributed by atoms with Crippen LogP contribution in [0.2, 0.25) is 5.15 Å². The van der Waals surface area contributed by atoms with Crippen molar-refractivity contribution in [3.63, 3.8) is 0 Å². The fraction of sp³-hybridized carbons (Fsp3) is 0.615. The molecule has 0 atom stereocenters. The van der Waals surface area contributed by atoms with Crippen LogP contribution >= 0.6 is 11.6 Å². The van der Waals surface area contributed by atoms with Crippen LogP contribution in [0.1, 0.15) is 50.0 Å². The van der Waals surface area contributed by atoms with E-state index in [4.69, 9.17) is 11.6 Å². The molecule has 1 heterocycles. The van der Waals surface area contributed by atoms with E-state index in [0.717, 1.165) is 25.7 Å². The molecule has 1 aliphatic carbocycles. The fourth-order valence-corrected chi connectivity index (χ4v) is 2.34. The van der Waals surface area contributed by atoms with Gasteiger partial charge in [0.2, 0.25) is 0 Å². The maximum atomic E-state index is 11.9. The highest BCUT2D eigenvalue weighted by molar-refractivity contribution is 6.29. The van der Waals surface area contributed by atoms with E-state index >= 15 is 0 Å². The molecule has 0 aromatic carbocycles. The third-order valence-corrected chi connectivity index (χ3v) is 3.74. The van der Waals surface area contributed by atoms with Gasteiger partial charge in [-0.2, -0.15) is 0 Å². The van der Waals surface area contributed by atoms with Gasteiger partial charge in [-0.05, 0) is 43.2 Å². The zero-order chi connectivity index (χ0) is 13.2. The van der Waals surface area contributed by atoms with Crippen LogP contribution in [0, 0.1) is 5.41 Å². The van der Waals surface area contributed by atoms with Gasteiger partial charge in [-0.1, -0.05) is 25.4 Å². The van der Waals surface area contributed by atoms with E-state index < -0.39 is 0 Å². The van der Waals surface area contributed by atoms with Crippen molar-refractivity contribution in [3.05, 3.63) is 23.0 Å². The average molecular weight is 268 g/mol. The maximum Gasteiger partial charge on any atom is 0.272 e. The Morgan fingerprint density at radius 3 is 2.56 bits per heavy atom. The predicted molar refractivity (Wildman–Crippen MR) is 70.5 cm³/mol. The summed E-state index contributed by atoms with van der Waals surface area (Å²) in [7, 11) is 0. The molecule has 4 nitrogen and oxygen atoms in total. The second-order valence-electron chi connectivity index (χ2n) is 5.65. The Morgan fingerprint density at radius 2 is 2.00 bits per heavy atom. The number of nitrogens with one attached hydrogen (secondary N) is 1. The summed E-state index contributed by atoms with van der Waals surface area (Å²) in [6.45, 7) is 4.55. The van der Waals surface area contributed by atoms with Crippen molar-refractivity contribution < 1.29 is 4.79 Å². The highest BCUT2D eigenvalue weighted by atomic mass is 35.5. The van der Waals surface area contributed by atoms with Gasteiger partial charge in [-0.15, -0.1) is 10.2 Å². The first-order chi connectivity index (χ1) is 8.46. The second kappa shape index (κ2) is 5.22. The number of rotatable bonds is 2. The van der Waals surface area contributed by atoms with Crippen LogP contribution in [0.4, 0.5) is 0 Å². The van der Waals surface area contributed by atoms with E-state index in [1.54, 1.807) is 12.1 Å². The molecule has 1 N–H and O–H groups in total. The fourth-order valence-electron chi connectivity index (χ4n) is 2.24. The monoisotopic (exact) mass is 267 g/mol. The first-order valence-corrected chi connectivity index (χ1v) is 6.64. The van der Waals surface area contributed by atoms with E-state index in [9.17, 15) is 4.79 Å². The summed E-state index contributed by atoms with van der Waals surface area (Å²) in [6.07, 6.45) is 4.34. The standard InChI is InChI=1S/C13H18ClN3O/c1-13(2)7-5-9(6-8-13)15-12(18)10-3-4-11(14)17-16-10/h3-4,9H,5-8H2,1-2H3,(H,15,18). The molecule has 1 fully saturated rings. The number of hydrogen-bond acceptors (Lipinski definition) is 3. The van der Waals surface area contributed by atoms with Crippen LogP contribution < -0.4 is 5.32 Å². The van der Waals surface area contributed by atoms with E-state index in [0.29, 0.717) is 16.3 Å². The maximum absolute atomic E-state index is 11.9. The molecule has 2 rings (SSSR count). The molecule has 1 amide bonds. The molecule has 0 aliphatic heterocycles. The molecule has 1 saturated carbocycles. The van der Waals surface area contributed by atoms with Crippen molar-refractivity contribution in [1.82, 2.24) is 15.5 Å². The number of carbonyl (C=O) groups excluding carboxylic acids is 1. The summed E-state index contributed by atoms with van der Waals surface area (Å²) < 4.78 is 0. The molecule has 0 saturated heterocycles. The van der Waals surface area contributed by atoms with Crippen LogP contribution in [0.5, 0.6) is 0 Å². The van der Waals surface area contributed by atoms with E-state index in [1.165, 1.54) is 0 Å². The molecule has 0 unspecified atom stereocenters. The first kappa shape index (κ1) is 13.3. The van der Waals surface area contributed by atoms with Gasteiger partial charge in [0.25, 0.3) is 5.91 Å². The largest absolute Gasteiger partial charge is 0.348 e. The highest BCUT2D eigenvalue weighted by Gasteiger charge is 2.27. The van der Waals surface area contributed by atoms with Crippen molar-refractivity contribution in [1.29, 1.82) is 0 Å². The third-order valence-electron chi connectivity index (χ3n) is 3.54. The van der Waals surface area contributed by atoms with Crippen LogP contribution in [0.3, 0.4) is 0 Å². The molecular formula is C13H18ClN3O. The molecule has 0 bridgehead atoms. The van der Waals surface area contributed by atoms with Crippen LogP contribution in [0.15, 0.2) is 12.1 Å². The van der Waals surface area contributed by atoms with Gasteiger partial charge in [0.15, 0.2) is 10.8 Å². The van der Waals surface area contributed by atoms with Gasteiger partial charge in [0, 0.05) is 6.04 Å². The number of aromatic nitrogens is 2. The second-order valence-corrected chi connectivity index (χ2v) is 6.04. The van der Waals surface area contributed by atoms with Crippen LogP contribution in [-0.2, 0) is 0 Å². The van der Waals surface area contributed by atoms with Crippen molar-refractivity contribution in [2.75, 3.05) is 0 Å². The summed E-state index contributed by atoms with van der Waals surface area (Å²) in [4.78, 5) is 11.9. The smallest absolute Gasteiger partial charge is 0.272 e. The Labute approximate surface area is 112 Å². The highest BCUT2D eigenvalue weighted by Crippen LogP contribution is 2.34. The lowest BCUT2D eigenvalue weighted by molar-refractivity contribution is 0.0903. The van der Waals surface area contributed by atoms with Gasteiger partial charge in [0.1, 0.15) is 0 Å². The Morgan fingerprint density at radius 1 is 1.33 bits per heavy atom. The van der Waals surface area contributed by atoms with Crippen molar-refractivity contribution in [2.24, 2.45) is 5.41 Å². The molecule has 0 spiro atoms. The normalized spacial score (nSPS) is 19.5. The topological polar surface area (TPSA) is 54.9 Å². The van der Waals surface area contributed by atoms with E-state index in [-0.39, 0.29) is 11.9 Å². The molecule has 98 valence electrons. The average Bonchev–Trinajstić information content (AvgIpc) is 2.33. The minimum absolute atomic E-state index is 0.163. The molecule has 1 aromatic rings. The SMILES string of the molecule is CC1(C)CCC(NC(=O)c2ccc(Cl)nn2)CC1. The number of halogens is 1. The van der Waals surface area contributed by atoms with Crippen LogP contribution in [0.25, 0.3) is 0 Å². The van der Waals surface area contributed by atoms with Gasteiger partial charge in [-0.3, -0.25) is 4.79 Å². The minimum Gasteiger partial charge on any atom is -0.348 e. The van der Waals surface area contributed by atoms with Crippen molar-refractivity contribution in [3.8, 4) is 0 Å². The number of amides is 1. The molecule has 0 radical (unpaired) electrons. The predicted octanol–water partition coefficient (Wildman–Crippen LogP) is 2.83. The lowest BCUT2D eigenvalue weighted by Gasteiger charge is -2.34. The molecule has 5 heteroatoms. The number of hydrogen-bond donors (Lipinski definition) is 1. The Bertz CT molecular complexity index is 420. The molecular weight excluding hydrogens is 250 g/mol. The van der Waals surface area contributed by atoms with Gasteiger partial charge in [0.05, 0.1) is 0 Å². The van der Waals surface area contributed by atoms with Crippen LogP contribution in [-0.4, -0.2) is 22.1 Å². The minimum atomic E-state index is -0.163. The van der Waals surface area contributed by atoms with Gasteiger partial charge in [-0.25, -0.2) is 0 Å². The quantitative estimate of drug-likeness (QED) is 0.896. The van der Waals surface area contributed by atoms with E-state index in [1.807, 2.05) is 0 Å². The molecule has 18 heavy (non-hydrogen) atoms. The molecule has 1 aromatic heterocycles.